The maximum absolute atomic E-state index is 12.4. The standard InChI is InChI=1S/C17H18N4O4/c22-12-4-3-9(15(23)20-12)13-8(11-7-18-5-6-19-11)1-2-10-14(13)17(25)21-16(10)24/h1-2,9,11,18-19H,3-7H2,(H,20,22,23)(H,21,24,25). The number of rotatable bonds is 2. The van der Waals surface area contributed by atoms with Gasteiger partial charge in [0.05, 0.1) is 17.0 Å². The molecule has 0 saturated carbocycles. The van der Waals surface area contributed by atoms with Crippen LogP contribution >= 0.6 is 0 Å². The molecule has 4 N–H and O–H groups in total. The van der Waals surface area contributed by atoms with Crippen LogP contribution in [0.25, 0.3) is 0 Å². The van der Waals surface area contributed by atoms with Crippen LogP contribution in [0.5, 0.6) is 0 Å². The van der Waals surface area contributed by atoms with E-state index >= 15 is 0 Å². The fraction of sp³-hybridized carbons (Fsp3) is 0.412. The average molecular weight is 342 g/mol. The van der Waals surface area contributed by atoms with Gasteiger partial charge in [-0.1, -0.05) is 6.07 Å². The molecule has 25 heavy (non-hydrogen) atoms. The molecular weight excluding hydrogens is 324 g/mol. The van der Waals surface area contributed by atoms with Crippen molar-refractivity contribution in [1.29, 1.82) is 0 Å². The van der Waals surface area contributed by atoms with E-state index in [2.05, 4.69) is 21.3 Å². The monoisotopic (exact) mass is 342 g/mol. The Morgan fingerprint density at radius 1 is 0.960 bits per heavy atom. The van der Waals surface area contributed by atoms with Crippen molar-refractivity contribution in [2.24, 2.45) is 0 Å². The molecular formula is C17H18N4O4. The van der Waals surface area contributed by atoms with Crippen LogP contribution in [0.3, 0.4) is 0 Å². The molecule has 3 aliphatic rings. The van der Waals surface area contributed by atoms with E-state index in [1.54, 1.807) is 12.1 Å². The van der Waals surface area contributed by atoms with E-state index in [0.29, 0.717) is 18.5 Å². The molecule has 0 bridgehead atoms. The second kappa shape index (κ2) is 6.05. The minimum atomic E-state index is -0.622. The number of imide groups is 2. The van der Waals surface area contributed by atoms with Crippen LogP contribution in [0.15, 0.2) is 12.1 Å². The van der Waals surface area contributed by atoms with Gasteiger partial charge in [-0.25, -0.2) is 0 Å². The predicted octanol–water partition coefficient (Wildman–Crippen LogP) is -0.676. The van der Waals surface area contributed by atoms with Crippen molar-refractivity contribution in [3.05, 3.63) is 34.4 Å². The first-order valence-corrected chi connectivity index (χ1v) is 8.36. The highest BCUT2D eigenvalue weighted by Crippen LogP contribution is 2.37. The first-order chi connectivity index (χ1) is 12.1. The van der Waals surface area contributed by atoms with Gasteiger partial charge in [-0.05, 0) is 23.6 Å². The second-order valence-corrected chi connectivity index (χ2v) is 6.49. The number of carbonyl (C=O) groups is 4. The molecule has 2 unspecified atom stereocenters. The summed E-state index contributed by atoms with van der Waals surface area (Å²) in [5, 5.41) is 11.3. The van der Waals surface area contributed by atoms with E-state index in [1.807, 2.05) is 0 Å². The van der Waals surface area contributed by atoms with E-state index in [4.69, 9.17) is 0 Å². The molecule has 2 saturated heterocycles. The predicted molar refractivity (Wildman–Crippen MR) is 87.0 cm³/mol. The van der Waals surface area contributed by atoms with Gasteiger partial charge < -0.3 is 10.6 Å². The van der Waals surface area contributed by atoms with Crippen LogP contribution < -0.4 is 21.3 Å². The molecule has 8 heteroatoms. The first-order valence-electron chi connectivity index (χ1n) is 8.36. The Kier molecular flexibility index (Phi) is 3.85. The van der Waals surface area contributed by atoms with Gasteiger partial charge in [-0.2, -0.15) is 0 Å². The number of hydrogen-bond donors (Lipinski definition) is 4. The van der Waals surface area contributed by atoms with Gasteiger partial charge in [0.15, 0.2) is 0 Å². The summed E-state index contributed by atoms with van der Waals surface area (Å²) in [6.45, 7) is 2.27. The number of benzene rings is 1. The Morgan fingerprint density at radius 2 is 1.80 bits per heavy atom. The molecule has 3 aliphatic heterocycles. The number of fused-ring (bicyclic) bond motifs is 1. The quantitative estimate of drug-likeness (QED) is 0.530. The summed E-state index contributed by atoms with van der Waals surface area (Å²) in [4.78, 5) is 48.3. The zero-order valence-electron chi connectivity index (χ0n) is 13.5. The van der Waals surface area contributed by atoms with Crippen molar-refractivity contribution in [2.45, 2.75) is 24.8 Å². The van der Waals surface area contributed by atoms with E-state index in [-0.39, 0.29) is 29.5 Å². The highest BCUT2D eigenvalue weighted by Gasteiger charge is 2.39. The Morgan fingerprint density at radius 3 is 2.52 bits per heavy atom. The van der Waals surface area contributed by atoms with Gasteiger partial charge >= 0.3 is 0 Å². The summed E-state index contributed by atoms with van der Waals surface area (Å²) < 4.78 is 0. The molecule has 2 atom stereocenters. The fourth-order valence-corrected chi connectivity index (χ4v) is 3.82. The molecule has 0 radical (unpaired) electrons. The Bertz CT molecular complexity index is 798. The molecule has 0 aliphatic carbocycles. The maximum atomic E-state index is 12.4. The molecule has 2 fully saturated rings. The van der Waals surface area contributed by atoms with Crippen molar-refractivity contribution >= 4 is 23.6 Å². The lowest BCUT2D eigenvalue weighted by atomic mass is 9.80. The lowest BCUT2D eigenvalue weighted by Gasteiger charge is -2.31. The fourth-order valence-electron chi connectivity index (χ4n) is 3.82. The molecule has 4 rings (SSSR count). The van der Waals surface area contributed by atoms with Gasteiger partial charge in [0.25, 0.3) is 11.8 Å². The maximum Gasteiger partial charge on any atom is 0.259 e. The van der Waals surface area contributed by atoms with E-state index < -0.39 is 23.6 Å². The van der Waals surface area contributed by atoms with E-state index in [9.17, 15) is 19.2 Å². The smallest absolute Gasteiger partial charge is 0.259 e. The van der Waals surface area contributed by atoms with Crippen LogP contribution in [-0.2, 0) is 9.59 Å². The number of piperazine rings is 1. The number of nitrogens with one attached hydrogen (secondary N) is 4. The molecule has 1 aromatic carbocycles. The highest BCUT2D eigenvalue weighted by molar-refractivity contribution is 6.23. The third kappa shape index (κ3) is 2.63. The first kappa shape index (κ1) is 15.9. The van der Waals surface area contributed by atoms with Gasteiger partial charge in [-0.3, -0.25) is 29.8 Å². The van der Waals surface area contributed by atoms with Crippen molar-refractivity contribution in [2.75, 3.05) is 19.6 Å². The number of carbonyl (C=O) groups excluding carboxylic acids is 4. The molecule has 3 heterocycles. The normalized spacial score (nSPS) is 26.2. The van der Waals surface area contributed by atoms with Gasteiger partial charge in [-0.15, -0.1) is 0 Å². The summed E-state index contributed by atoms with van der Waals surface area (Å²) in [5.74, 6) is -2.28. The Balaban J connectivity index is 1.86. The summed E-state index contributed by atoms with van der Waals surface area (Å²) in [6, 6.07) is 3.38. The molecule has 130 valence electrons. The van der Waals surface area contributed by atoms with E-state index in [1.165, 1.54) is 0 Å². The van der Waals surface area contributed by atoms with Crippen molar-refractivity contribution in [3.63, 3.8) is 0 Å². The zero-order valence-corrected chi connectivity index (χ0v) is 13.5. The van der Waals surface area contributed by atoms with Gasteiger partial charge in [0.1, 0.15) is 0 Å². The van der Waals surface area contributed by atoms with Gasteiger partial charge in [0, 0.05) is 32.1 Å². The Labute approximate surface area is 143 Å². The third-order valence-electron chi connectivity index (χ3n) is 4.98. The van der Waals surface area contributed by atoms with Crippen molar-refractivity contribution in [1.82, 2.24) is 21.3 Å². The van der Waals surface area contributed by atoms with E-state index in [0.717, 1.165) is 18.7 Å². The topological polar surface area (TPSA) is 116 Å². The molecule has 0 aromatic heterocycles. The summed E-state index contributed by atoms with van der Waals surface area (Å²) in [6.07, 6.45) is 0.543. The summed E-state index contributed by atoms with van der Waals surface area (Å²) in [7, 11) is 0. The minimum Gasteiger partial charge on any atom is -0.314 e. The van der Waals surface area contributed by atoms with Crippen LogP contribution in [-0.4, -0.2) is 43.3 Å². The molecule has 8 nitrogen and oxygen atoms in total. The average Bonchev–Trinajstić information content (AvgIpc) is 2.90. The zero-order chi connectivity index (χ0) is 17.6. The van der Waals surface area contributed by atoms with Crippen LogP contribution in [0.2, 0.25) is 0 Å². The number of hydrogen-bond acceptors (Lipinski definition) is 6. The number of amides is 4. The van der Waals surface area contributed by atoms with Crippen molar-refractivity contribution in [3.8, 4) is 0 Å². The molecule has 1 aromatic rings. The number of piperidine rings is 1. The second-order valence-electron chi connectivity index (χ2n) is 6.49. The Hall–Kier alpha value is -2.58. The van der Waals surface area contributed by atoms with Crippen LogP contribution in [0.1, 0.15) is 56.6 Å². The lowest BCUT2D eigenvalue weighted by Crippen LogP contribution is -2.44. The highest BCUT2D eigenvalue weighted by atomic mass is 16.2. The van der Waals surface area contributed by atoms with Crippen LogP contribution in [0.4, 0.5) is 0 Å². The molecule has 0 spiro atoms. The van der Waals surface area contributed by atoms with Gasteiger partial charge in [0.2, 0.25) is 11.8 Å². The largest absolute Gasteiger partial charge is 0.314 e. The SMILES string of the molecule is O=C1CCC(c2c(C3CNCCN3)ccc3c2C(=O)NC3=O)C(=O)N1. The lowest BCUT2D eigenvalue weighted by molar-refractivity contribution is -0.134. The third-order valence-corrected chi connectivity index (χ3v) is 4.98. The summed E-state index contributed by atoms with van der Waals surface area (Å²) >= 11 is 0. The van der Waals surface area contributed by atoms with Crippen LogP contribution in [0, 0.1) is 0 Å². The minimum absolute atomic E-state index is 0.0667. The van der Waals surface area contributed by atoms with Crippen molar-refractivity contribution < 1.29 is 19.2 Å². The summed E-state index contributed by atoms with van der Waals surface area (Å²) in [5.41, 5.74) is 1.94. The molecule has 4 amide bonds.